The van der Waals surface area contributed by atoms with Gasteiger partial charge in [0.15, 0.2) is 6.61 Å². The molecule has 3 aromatic rings. The number of carbonyl (C=O) groups is 2. The van der Waals surface area contributed by atoms with Crippen LogP contribution in [0.1, 0.15) is 45.1 Å². The maximum atomic E-state index is 13.7. The van der Waals surface area contributed by atoms with Crippen LogP contribution in [0, 0.1) is 12.8 Å². The zero-order valence-corrected chi connectivity index (χ0v) is 19.6. The van der Waals surface area contributed by atoms with Crippen LogP contribution in [-0.2, 0) is 16.0 Å². The Balaban J connectivity index is 1.52. The van der Waals surface area contributed by atoms with Crippen molar-refractivity contribution in [3.63, 3.8) is 0 Å². The molecule has 1 aromatic heterocycles. The molecule has 1 aliphatic heterocycles. The number of aryl methyl sites for hydroxylation is 1. The van der Waals surface area contributed by atoms with Gasteiger partial charge in [-0.25, -0.2) is 9.78 Å². The predicted molar refractivity (Wildman–Crippen MR) is 126 cm³/mol. The molecule has 1 aliphatic carbocycles. The van der Waals surface area contributed by atoms with Crippen LogP contribution in [0.15, 0.2) is 48.5 Å². The van der Waals surface area contributed by atoms with Gasteiger partial charge < -0.3 is 14.7 Å². The fourth-order valence-electron chi connectivity index (χ4n) is 4.68. The van der Waals surface area contributed by atoms with Crippen LogP contribution in [0.3, 0.4) is 0 Å². The Bertz CT molecular complexity index is 1210. The number of halogens is 1. The van der Waals surface area contributed by atoms with E-state index in [4.69, 9.17) is 21.4 Å². The number of carboxylic acid groups (broad SMARTS) is 1. The van der Waals surface area contributed by atoms with E-state index in [0.29, 0.717) is 29.3 Å². The number of amides is 1. The van der Waals surface area contributed by atoms with E-state index in [9.17, 15) is 9.59 Å². The summed E-state index contributed by atoms with van der Waals surface area (Å²) < 4.78 is 5.61. The molecular weight excluding hydrogens is 460 g/mol. The summed E-state index contributed by atoms with van der Waals surface area (Å²) in [6.07, 6.45) is 1.52. The number of aromatic nitrogens is 1. The highest BCUT2D eigenvalue weighted by Gasteiger charge is 2.48. The van der Waals surface area contributed by atoms with E-state index < -0.39 is 18.6 Å². The summed E-state index contributed by atoms with van der Waals surface area (Å²) in [6, 6.07) is 14.8. The minimum absolute atomic E-state index is 0.0620. The van der Waals surface area contributed by atoms with Gasteiger partial charge in [-0.15, -0.1) is 11.3 Å². The Morgan fingerprint density at radius 2 is 2.03 bits per heavy atom. The number of benzene rings is 2. The number of aliphatic carboxylic acids is 1. The summed E-state index contributed by atoms with van der Waals surface area (Å²) in [4.78, 5) is 32.5. The van der Waals surface area contributed by atoms with Gasteiger partial charge in [0.2, 0.25) is 5.91 Å². The van der Waals surface area contributed by atoms with E-state index in [2.05, 4.69) is 17.1 Å². The minimum atomic E-state index is -1.06. The minimum Gasteiger partial charge on any atom is -0.482 e. The lowest BCUT2D eigenvalue weighted by Crippen LogP contribution is -2.41. The van der Waals surface area contributed by atoms with Gasteiger partial charge in [0.05, 0.1) is 21.6 Å². The number of hydrogen-bond donors (Lipinski definition) is 1. The first kappa shape index (κ1) is 21.9. The molecule has 1 unspecified atom stereocenters. The first-order valence-electron chi connectivity index (χ1n) is 10.9. The van der Waals surface area contributed by atoms with Crippen LogP contribution in [0.25, 0.3) is 0 Å². The van der Waals surface area contributed by atoms with Crippen LogP contribution in [0.4, 0.5) is 0 Å². The normalized spacial score (nSPS) is 21.4. The quantitative estimate of drug-likeness (QED) is 0.543. The van der Waals surface area contributed by atoms with Crippen molar-refractivity contribution in [2.45, 2.75) is 31.7 Å². The number of carbonyl (C=O) groups excluding carboxylic acids is 1. The molecule has 6 nitrogen and oxygen atoms in total. The van der Waals surface area contributed by atoms with Gasteiger partial charge in [-0.1, -0.05) is 41.9 Å². The number of rotatable bonds is 6. The Kier molecular flexibility index (Phi) is 5.85. The van der Waals surface area contributed by atoms with Gasteiger partial charge in [0, 0.05) is 29.5 Å². The van der Waals surface area contributed by atoms with E-state index >= 15 is 0 Å². The molecule has 5 rings (SSSR count). The second-order valence-electron chi connectivity index (χ2n) is 8.45. The average molecular weight is 483 g/mol. The topological polar surface area (TPSA) is 79.7 Å². The first-order valence-corrected chi connectivity index (χ1v) is 12.1. The van der Waals surface area contributed by atoms with E-state index in [0.717, 1.165) is 22.0 Å². The zero-order valence-electron chi connectivity index (χ0n) is 18.0. The van der Waals surface area contributed by atoms with Crippen molar-refractivity contribution in [2.75, 3.05) is 13.2 Å². The average Bonchev–Trinajstić information content (AvgIpc) is 3.51. The fraction of sp³-hybridized carbons (Fsp3) is 0.320. The maximum absolute atomic E-state index is 13.7. The molecule has 1 fully saturated rings. The lowest BCUT2D eigenvalue weighted by atomic mass is 9.95. The van der Waals surface area contributed by atoms with Crippen molar-refractivity contribution in [3.8, 4) is 5.75 Å². The van der Waals surface area contributed by atoms with Crippen molar-refractivity contribution >= 4 is 34.8 Å². The molecule has 0 radical (unpaired) electrons. The Hall–Kier alpha value is -2.90. The van der Waals surface area contributed by atoms with Gasteiger partial charge in [-0.3, -0.25) is 4.79 Å². The van der Waals surface area contributed by atoms with Gasteiger partial charge in [0.25, 0.3) is 0 Å². The summed E-state index contributed by atoms with van der Waals surface area (Å²) in [5, 5.41) is 10.6. The monoisotopic (exact) mass is 482 g/mol. The zero-order chi connectivity index (χ0) is 23.1. The van der Waals surface area contributed by atoms with E-state index in [1.165, 1.54) is 5.56 Å². The molecule has 1 saturated carbocycles. The van der Waals surface area contributed by atoms with E-state index in [1.54, 1.807) is 29.5 Å². The van der Waals surface area contributed by atoms with Crippen molar-refractivity contribution in [1.82, 2.24) is 9.88 Å². The van der Waals surface area contributed by atoms with Crippen LogP contribution in [0.2, 0.25) is 5.02 Å². The molecule has 1 N–H and O–H groups in total. The third kappa shape index (κ3) is 4.35. The molecule has 0 saturated heterocycles. The Labute approximate surface area is 200 Å². The number of ether oxygens (including phenoxy) is 1. The Morgan fingerprint density at radius 3 is 2.79 bits per heavy atom. The molecule has 1 amide bonds. The summed E-state index contributed by atoms with van der Waals surface area (Å²) in [5.41, 5.74) is 2.86. The van der Waals surface area contributed by atoms with E-state index in [1.807, 2.05) is 30.0 Å². The van der Waals surface area contributed by atoms with Crippen LogP contribution in [0.5, 0.6) is 5.75 Å². The molecule has 0 spiro atoms. The number of nitrogens with zero attached hydrogens (tertiary/aromatic N) is 2. The lowest BCUT2D eigenvalue weighted by molar-refractivity contribution is -0.139. The van der Waals surface area contributed by atoms with Gasteiger partial charge >= 0.3 is 5.97 Å². The SMILES string of the molecule is Cc1nc2c(s1)C(c1cc(Cl)ccc1OCC(=O)O)N(C(=O)[C@@H]1C[C@H]1c1ccccc1)CC2. The summed E-state index contributed by atoms with van der Waals surface area (Å²) in [7, 11) is 0. The molecule has 2 aliphatic rings. The van der Waals surface area contributed by atoms with Gasteiger partial charge in [-0.2, -0.15) is 0 Å². The van der Waals surface area contributed by atoms with Crippen molar-refractivity contribution in [1.29, 1.82) is 0 Å². The van der Waals surface area contributed by atoms with Gasteiger partial charge in [0.1, 0.15) is 5.75 Å². The molecule has 3 atom stereocenters. The molecule has 2 heterocycles. The fourth-order valence-corrected chi connectivity index (χ4v) is 5.96. The number of carboxylic acids is 1. The third-order valence-corrected chi connectivity index (χ3v) is 7.52. The summed E-state index contributed by atoms with van der Waals surface area (Å²) in [5.74, 6) is -0.377. The molecule has 0 bridgehead atoms. The smallest absolute Gasteiger partial charge is 0.341 e. The molecular formula is C25H23ClN2O4S. The van der Waals surface area contributed by atoms with Crippen LogP contribution >= 0.6 is 22.9 Å². The van der Waals surface area contributed by atoms with Crippen molar-refractivity contribution in [2.24, 2.45) is 5.92 Å². The largest absolute Gasteiger partial charge is 0.482 e. The first-order chi connectivity index (χ1) is 15.9. The highest BCUT2D eigenvalue weighted by Crippen LogP contribution is 2.51. The highest BCUT2D eigenvalue weighted by atomic mass is 35.5. The van der Waals surface area contributed by atoms with E-state index in [-0.39, 0.29) is 17.7 Å². The van der Waals surface area contributed by atoms with Crippen LogP contribution < -0.4 is 4.74 Å². The molecule has 33 heavy (non-hydrogen) atoms. The number of hydrogen-bond acceptors (Lipinski definition) is 5. The second-order valence-corrected chi connectivity index (χ2v) is 10.1. The molecule has 2 aromatic carbocycles. The van der Waals surface area contributed by atoms with Crippen molar-refractivity contribution in [3.05, 3.63) is 80.3 Å². The summed E-state index contributed by atoms with van der Waals surface area (Å²) >= 11 is 7.91. The second kappa shape index (κ2) is 8.80. The number of fused-ring (bicyclic) bond motifs is 1. The molecule has 170 valence electrons. The highest BCUT2D eigenvalue weighted by molar-refractivity contribution is 7.11. The molecule has 8 heteroatoms. The standard InChI is InChI=1S/C25H23ClN2O4S/c1-14-27-20-9-10-28(25(31)18-12-17(18)15-5-3-2-4-6-15)23(24(20)33-14)19-11-16(26)7-8-21(19)32-13-22(29)30/h2-8,11,17-18,23H,9-10,12-13H2,1H3,(H,29,30)/t17-,18+,23?/m0/s1. The van der Waals surface area contributed by atoms with Crippen molar-refractivity contribution < 1.29 is 19.4 Å². The maximum Gasteiger partial charge on any atom is 0.341 e. The predicted octanol–water partition coefficient (Wildman–Crippen LogP) is 4.85. The third-order valence-electron chi connectivity index (χ3n) is 6.22. The van der Waals surface area contributed by atoms with Gasteiger partial charge in [-0.05, 0) is 43.0 Å². The lowest BCUT2D eigenvalue weighted by Gasteiger charge is -2.36. The number of thiazole rings is 1. The summed E-state index contributed by atoms with van der Waals surface area (Å²) in [6.45, 7) is 2.03. The van der Waals surface area contributed by atoms with Crippen LogP contribution in [-0.4, -0.2) is 40.0 Å². The Morgan fingerprint density at radius 1 is 1.24 bits per heavy atom.